The Hall–Kier alpha value is -3.92. The number of hydrogen-bond acceptors (Lipinski definition) is 5. The summed E-state index contributed by atoms with van der Waals surface area (Å²) in [6, 6.07) is 8.46. The van der Waals surface area contributed by atoms with Gasteiger partial charge in [0.15, 0.2) is 23.3 Å². The van der Waals surface area contributed by atoms with E-state index in [9.17, 15) is 14.7 Å². The molecular formula is C34H38F4O5Si. The van der Waals surface area contributed by atoms with Gasteiger partial charge in [-0.05, 0) is 29.8 Å². The van der Waals surface area contributed by atoms with Crippen molar-refractivity contribution in [2.24, 2.45) is 5.92 Å². The molecule has 0 aliphatic heterocycles. The fourth-order valence-electron chi connectivity index (χ4n) is 4.73. The number of halogens is 4. The van der Waals surface area contributed by atoms with Gasteiger partial charge in [0, 0.05) is 33.4 Å². The highest BCUT2D eigenvalue weighted by Gasteiger charge is 2.30. The third-order valence-electron chi connectivity index (χ3n) is 7.47. The fraction of sp³-hybridized carbons (Fsp3) is 0.353. The summed E-state index contributed by atoms with van der Waals surface area (Å²) in [4.78, 5) is 24.0. The molecule has 0 aliphatic carbocycles. The van der Waals surface area contributed by atoms with E-state index in [1.807, 2.05) is 20.0 Å². The normalized spacial score (nSPS) is 11.5. The van der Waals surface area contributed by atoms with E-state index in [0.29, 0.717) is 5.19 Å². The van der Waals surface area contributed by atoms with Gasteiger partial charge in [-0.15, -0.1) is 0 Å². The second-order valence-electron chi connectivity index (χ2n) is 11.8. The Bertz CT molecular complexity index is 1580. The summed E-state index contributed by atoms with van der Waals surface area (Å²) in [5.74, 6) is -7.14. The minimum Gasteiger partial charge on any atom is -0.507 e. The number of phenolic OH excluding ortho intramolecular Hbond substituents is 1. The van der Waals surface area contributed by atoms with E-state index in [1.165, 1.54) is 37.3 Å². The van der Waals surface area contributed by atoms with Crippen LogP contribution in [0.5, 0.6) is 5.75 Å². The molecule has 10 heteroatoms. The summed E-state index contributed by atoms with van der Waals surface area (Å²) >= 11 is 0. The van der Waals surface area contributed by atoms with Crippen LogP contribution in [0, 0.1) is 29.2 Å². The average molecular weight is 631 g/mol. The topological polar surface area (TPSA) is 72.8 Å². The molecule has 0 heterocycles. The lowest BCUT2D eigenvalue weighted by molar-refractivity contribution is -0.148. The number of carbonyl (C=O) groups excluding carboxylic acids is 2. The predicted octanol–water partition coefficient (Wildman–Crippen LogP) is 8.32. The maximum absolute atomic E-state index is 15.6. The Kier molecular flexibility index (Phi) is 11.2. The number of ether oxygens (including phenoxy) is 2. The molecular weight excluding hydrogens is 592 g/mol. The Morgan fingerprint density at radius 3 is 1.91 bits per heavy atom. The van der Waals surface area contributed by atoms with Crippen LogP contribution in [-0.4, -0.2) is 25.1 Å². The van der Waals surface area contributed by atoms with E-state index in [1.54, 1.807) is 13.8 Å². The SMILES string of the molecule is C=C(C)C(=O)OCc1cc(-c2ccc(-c3ccc([Si](C)(C)CCCC)c(F)c3F)c(F)c2F)cc(COC(=O)C(C)C)c1O. The molecule has 0 aliphatic rings. The third-order valence-corrected chi connectivity index (χ3v) is 10.9. The number of carbonyl (C=O) groups is 2. The molecule has 5 nitrogen and oxygen atoms in total. The fourth-order valence-corrected chi connectivity index (χ4v) is 7.48. The Morgan fingerprint density at radius 2 is 1.36 bits per heavy atom. The Balaban J connectivity index is 2.09. The number of phenols is 1. The van der Waals surface area contributed by atoms with Crippen molar-refractivity contribution in [3.63, 3.8) is 0 Å². The maximum atomic E-state index is 15.6. The summed E-state index contributed by atoms with van der Waals surface area (Å²) in [5, 5.41) is 11.1. The van der Waals surface area contributed by atoms with Gasteiger partial charge < -0.3 is 14.6 Å². The van der Waals surface area contributed by atoms with Crippen molar-refractivity contribution in [1.29, 1.82) is 0 Å². The quantitative estimate of drug-likeness (QED) is 0.0943. The van der Waals surface area contributed by atoms with Crippen LogP contribution in [0.15, 0.2) is 48.6 Å². The molecule has 1 N–H and O–H groups in total. The van der Waals surface area contributed by atoms with E-state index in [2.05, 4.69) is 6.58 Å². The van der Waals surface area contributed by atoms with Gasteiger partial charge in [-0.25, -0.2) is 22.4 Å². The van der Waals surface area contributed by atoms with Crippen molar-refractivity contribution in [1.82, 2.24) is 0 Å². The molecule has 0 bridgehead atoms. The van der Waals surface area contributed by atoms with Crippen LogP contribution >= 0.6 is 0 Å². The van der Waals surface area contributed by atoms with Crippen molar-refractivity contribution in [2.75, 3.05) is 0 Å². The standard InChI is InChI=1S/C34H38F4O5Si/c1-8-9-14-44(6,7)27-13-12-26(30(37)31(27)38)25-11-10-24(28(35)29(25)36)21-15-22(17-42-33(40)19(2)3)32(39)23(16-21)18-43-34(41)20(4)5/h10-13,15-16,20,39H,2,8-9,14,17-18H2,1,3-7H3. The zero-order valence-electron chi connectivity index (χ0n) is 25.9. The van der Waals surface area contributed by atoms with Gasteiger partial charge in [0.1, 0.15) is 19.0 Å². The lowest BCUT2D eigenvalue weighted by atomic mass is 9.95. The molecule has 236 valence electrons. The van der Waals surface area contributed by atoms with Crippen molar-refractivity contribution >= 4 is 25.2 Å². The number of hydrogen-bond donors (Lipinski definition) is 1. The van der Waals surface area contributed by atoms with E-state index < -0.39 is 73.5 Å². The van der Waals surface area contributed by atoms with Gasteiger partial charge in [-0.1, -0.05) is 83.6 Å². The van der Waals surface area contributed by atoms with Gasteiger partial charge in [0.25, 0.3) is 0 Å². The molecule has 0 amide bonds. The van der Waals surface area contributed by atoms with Crippen LogP contribution in [-0.2, 0) is 32.3 Å². The zero-order valence-corrected chi connectivity index (χ0v) is 26.9. The van der Waals surface area contributed by atoms with Crippen LogP contribution in [0.1, 0.15) is 51.7 Å². The van der Waals surface area contributed by atoms with E-state index >= 15 is 17.6 Å². The second kappa shape index (κ2) is 14.2. The first-order valence-electron chi connectivity index (χ1n) is 14.4. The van der Waals surface area contributed by atoms with Crippen molar-refractivity contribution in [3.8, 4) is 28.0 Å². The molecule has 0 atom stereocenters. The molecule has 0 saturated heterocycles. The molecule has 0 unspecified atom stereocenters. The van der Waals surface area contributed by atoms with Gasteiger partial charge >= 0.3 is 11.9 Å². The number of aromatic hydroxyl groups is 1. The zero-order chi connectivity index (χ0) is 32.9. The molecule has 3 aromatic carbocycles. The first-order valence-corrected chi connectivity index (χ1v) is 17.6. The third kappa shape index (κ3) is 7.58. The van der Waals surface area contributed by atoms with Crippen molar-refractivity contribution in [2.45, 2.75) is 72.9 Å². The Morgan fingerprint density at radius 1 is 0.864 bits per heavy atom. The van der Waals surface area contributed by atoms with Crippen LogP contribution in [0.4, 0.5) is 17.6 Å². The summed E-state index contributed by atoms with van der Waals surface area (Å²) < 4.78 is 72.2. The molecule has 0 radical (unpaired) electrons. The number of rotatable bonds is 12. The van der Waals surface area contributed by atoms with Crippen LogP contribution in [0.3, 0.4) is 0 Å². The van der Waals surface area contributed by atoms with Crippen LogP contribution < -0.4 is 5.19 Å². The first kappa shape index (κ1) is 34.6. The van der Waals surface area contributed by atoms with Gasteiger partial charge in [-0.3, -0.25) is 4.79 Å². The molecule has 0 fully saturated rings. The molecule has 0 saturated carbocycles. The number of unbranched alkanes of at least 4 members (excludes halogenated alkanes) is 1. The molecule has 0 spiro atoms. The van der Waals surface area contributed by atoms with E-state index in [4.69, 9.17) is 9.47 Å². The molecule has 3 aromatic rings. The van der Waals surface area contributed by atoms with E-state index in [-0.39, 0.29) is 33.6 Å². The minimum atomic E-state index is -2.30. The van der Waals surface area contributed by atoms with Gasteiger partial charge in [0.05, 0.1) is 14.0 Å². The summed E-state index contributed by atoms with van der Waals surface area (Å²) in [5.41, 5.74) is -0.861. The highest BCUT2D eigenvalue weighted by Crippen LogP contribution is 2.37. The summed E-state index contributed by atoms with van der Waals surface area (Å²) in [6.45, 7) is 13.3. The summed E-state index contributed by atoms with van der Waals surface area (Å²) in [7, 11) is -2.30. The lowest BCUT2D eigenvalue weighted by Crippen LogP contribution is -2.43. The Labute approximate surface area is 256 Å². The number of esters is 2. The van der Waals surface area contributed by atoms with Crippen molar-refractivity contribution < 1.29 is 41.7 Å². The van der Waals surface area contributed by atoms with E-state index in [0.717, 1.165) is 25.0 Å². The molecule has 3 rings (SSSR count). The average Bonchev–Trinajstić information content (AvgIpc) is 2.97. The predicted molar refractivity (Wildman–Crippen MR) is 165 cm³/mol. The smallest absolute Gasteiger partial charge is 0.333 e. The highest BCUT2D eigenvalue weighted by molar-refractivity contribution is 6.89. The number of benzene rings is 3. The largest absolute Gasteiger partial charge is 0.507 e. The first-order chi connectivity index (χ1) is 20.6. The maximum Gasteiger partial charge on any atom is 0.333 e. The highest BCUT2D eigenvalue weighted by atomic mass is 28.3. The van der Waals surface area contributed by atoms with Crippen LogP contribution in [0.25, 0.3) is 22.3 Å². The van der Waals surface area contributed by atoms with Crippen molar-refractivity contribution in [3.05, 3.63) is 82.9 Å². The molecule has 0 aromatic heterocycles. The van der Waals surface area contributed by atoms with Gasteiger partial charge in [0.2, 0.25) is 0 Å². The minimum absolute atomic E-state index is 0.0372. The lowest BCUT2D eigenvalue weighted by Gasteiger charge is -2.24. The monoisotopic (exact) mass is 630 g/mol. The molecule has 44 heavy (non-hydrogen) atoms. The summed E-state index contributed by atoms with van der Waals surface area (Å²) in [6.07, 6.45) is 1.79. The van der Waals surface area contributed by atoms with Crippen LogP contribution in [0.2, 0.25) is 19.1 Å². The van der Waals surface area contributed by atoms with Gasteiger partial charge in [-0.2, -0.15) is 0 Å². The second-order valence-corrected chi connectivity index (χ2v) is 16.6.